The van der Waals surface area contributed by atoms with Crippen LogP contribution in [0.15, 0.2) is 29.3 Å². The van der Waals surface area contributed by atoms with Crippen molar-refractivity contribution in [1.82, 2.24) is 25.5 Å². The van der Waals surface area contributed by atoms with Gasteiger partial charge in [-0.05, 0) is 6.07 Å². The molecule has 0 unspecified atom stereocenters. The van der Waals surface area contributed by atoms with E-state index in [4.69, 9.17) is 4.74 Å². The van der Waals surface area contributed by atoms with Gasteiger partial charge in [-0.15, -0.1) is 0 Å². The van der Waals surface area contributed by atoms with Gasteiger partial charge in [-0.1, -0.05) is 30.0 Å². The van der Waals surface area contributed by atoms with Crippen LogP contribution in [0.4, 0.5) is 4.79 Å². The van der Waals surface area contributed by atoms with Crippen LogP contribution < -0.4 is 10.6 Å². The van der Waals surface area contributed by atoms with E-state index in [1.165, 1.54) is 18.8 Å². The van der Waals surface area contributed by atoms with E-state index in [-0.39, 0.29) is 11.7 Å². The predicted molar refractivity (Wildman–Crippen MR) is 99.0 cm³/mol. The van der Waals surface area contributed by atoms with Crippen molar-refractivity contribution in [3.63, 3.8) is 0 Å². The quantitative estimate of drug-likeness (QED) is 0.595. The van der Waals surface area contributed by atoms with E-state index in [1.54, 1.807) is 0 Å². The number of morpholine rings is 1. The predicted octanol–water partition coefficient (Wildman–Crippen LogP) is 1.01. The van der Waals surface area contributed by atoms with Crippen molar-refractivity contribution < 1.29 is 14.3 Å². The number of para-hydroxylation sites is 1. The number of nitrogens with one attached hydrogen (secondary N) is 2. The summed E-state index contributed by atoms with van der Waals surface area (Å²) in [6, 6.07) is 7.21. The summed E-state index contributed by atoms with van der Waals surface area (Å²) in [5.74, 6) is 0.456. The lowest BCUT2D eigenvalue weighted by atomic mass is 10.2. The molecule has 1 aromatic carbocycles. The van der Waals surface area contributed by atoms with Crippen LogP contribution in [0.3, 0.4) is 0 Å². The molecule has 138 valence electrons. The van der Waals surface area contributed by atoms with Crippen molar-refractivity contribution in [3.05, 3.63) is 30.1 Å². The zero-order chi connectivity index (χ0) is 18.4. The second-order valence-electron chi connectivity index (χ2n) is 5.77. The van der Waals surface area contributed by atoms with Crippen molar-refractivity contribution in [2.45, 2.75) is 11.6 Å². The Bertz CT molecular complexity index is 795. The summed E-state index contributed by atoms with van der Waals surface area (Å²) < 4.78 is 5.37. The number of hydrogen-bond donors (Lipinski definition) is 2. The second kappa shape index (κ2) is 8.93. The van der Waals surface area contributed by atoms with E-state index in [0.717, 1.165) is 48.1 Å². The third-order valence-corrected chi connectivity index (χ3v) is 4.89. The maximum Gasteiger partial charge on any atom is 0.321 e. The zero-order valence-electron chi connectivity index (χ0n) is 14.5. The Hall–Kier alpha value is -2.23. The van der Waals surface area contributed by atoms with Gasteiger partial charge in [0.25, 0.3) is 0 Å². The minimum Gasteiger partial charge on any atom is -0.379 e. The van der Waals surface area contributed by atoms with Gasteiger partial charge < -0.3 is 10.1 Å². The fourth-order valence-electron chi connectivity index (χ4n) is 2.59. The summed E-state index contributed by atoms with van der Waals surface area (Å²) in [5, 5.41) is 6.25. The molecule has 0 radical (unpaired) electrons. The van der Waals surface area contributed by atoms with Crippen molar-refractivity contribution in [2.75, 3.05) is 39.1 Å². The molecule has 8 nitrogen and oxygen atoms in total. The number of carbonyl (C=O) groups is 2. The van der Waals surface area contributed by atoms with Crippen LogP contribution in [0.25, 0.3) is 10.9 Å². The van der Waals surface area contributed by atoms with Crippen LogP contribution in [0, 0.1) is 0 Å². The summed E-state index contributed by atoms with van der Waals surface area (Å²) in [5.41, 5.74) is 0.847. The molecule has 2 heterocycles. The molecule has 3 rings (SSSR count). The average molecular weight is 375 g/mol. The molecular weight excluding hydrogens is 354 g/mol. The van der Waals surface area contributed by atoms with Gasteiger partial charge in [-0.2, -0.15) is 0 Å². The zero-order valence-corrected chi connectivity index (χ0v) is 15.3. The topological polar surface area (TPSA) is 96.5 Å². The monoisotopic (exact) mass is 375 g/mol. The number of amides is 3. The van der Waals surface area contributed by atoms with Crippen LogP contribution in [-0.4, -0.2) is 65.9 Å². The van der Waals surface area contributed by atoms with Gasteiger partial charge in [0, 0.05) is 25.5 Å². The van der Waals surface area contributed by atoms with Crippen molar-refractivity contribution >= 4 is 34.6 Å². The third kappa shape index (κ3) is 4.90. The van der Waals surface area contributed by atoms with Crippen molar-refractivity contribution in [3.8, 4) is 0 Å². The summed E-state index contributed by atoms with van der Waals surface area (Å²) in [4.78, 5) is 34.6. The summed E-state index contributed by atoms with van der Waals surface area (Å²) in [6.07, 6.45) is 0. The highest BCUT2D eigenvalue weighted by molar-refractivity contribution is 8.00. The Morgan fingerprint density at radius 1 is 1.23 bits per heavy atom. The number of fused-ring (bicyclic) bond motifs is 1. The van der Waals surface area contributed by atoms with E-state index in [0.29, 0.717) is 6.54 Å². The van der Waals surface area contributed by atoms with Gasteiger partial charge in [0.1, 0.15) is 10.9 Å². The SMILES string of the molecule is CNC(=O)NC(=O)CSc1nc(CN2CCOCC2)nc2ccccc12. The Morgan fingerprint density at radius 2 is 2.00 bits per heavy atom. The lowest BCUT2D eigenvalue weighted by molar-refractivity contribution is -0.117. The highest BCUT2D eigenvalue weighted by Gasteiger charge is 2.15. The van der Waals surface area contributed by atoms with E-state index in [1.807, 2.05) is 24.3 Å². The Labute approximate surface area is 155 Å². The number of hydrogen-bond acceptors (Lipinski definition) is 7. The maximum absolute atomic E-state index is 11.9. The van der Waals surface area contributed by atoms with Crippen molar-refractivity contribution in [1.29, 1.82) is 0 Å². The number of rotatable bonds is 5. The van der Waals surface area contributed by atoms with Crippen LogP contribution in [-0.2, 0) is 16.1 Å². The molecule has 1 aromatic heterocycles. The molecule has 0 aliphatic carbocycles. The first-order chi connectivity index (χ1) is 12.7. The molecule has 1 aliphatic rings. The molecule has 9 heteroatoms. The first kappa shape index (κ1) is 18.6. The maximum atomic E-state index is 11.9. The Balaban J connectivity index is 1.76. The molecule has 1 aliphatic heterocycles. The van der Waals surface area contributed by atoms with Crippen LogP contribution in [0.2, 0.25) is 0 Å². The standard InChI is InChI=1S/C17H21N5O3S/c1-18-17(24)21-15(23)11-26-16-12-4-2-3-5-13(12)19-14(20-16)10-22-6-8-25-9-7-22/h2-5H,6-11H2,1H3,(H2,18,21,23,24). The molecule has 0 atom stereocenters. The van der Waals surface area contributed by atoms with E-state index >= 15 is 0 Å². The first-order valence-electron chi connectivity index (χ1n) is 8.36. The number of carbonyl (C=O) groups excluding carboxylic acids is 2. The molecule has 0 saturated carbocycles. The number of imide groups is 1. The summed E-state index contributed by atoms with van der Waals surface area (Å²) in [7, 11) is 1.46. The number of nitrogens with zero attached hydrogens (tertiary/aromatic N) is 3. The normalized spacial score (nSPS) is 15.0. The molecule has 26 heavy (non-hydrogen) atoms. The van der Waals surface area contributed by atoms with Gasteiger partial charge in [0.15, 0.2) is 0 Å². The lowest BCUT2D eigenvalue weighted by Gasteiger charge is -2.25. The molecule has 0 bridgehead atoms. The number of ether oxygens (including phenoxy) is 1. The summed E-state index contributed by atoms with van der Waals surface area (Å²) in [6.45, 7) is 3.79. The lowest BCUT2D eigenvalue weighted by Crippen LogP contribution is -2.38. The minimum atomic E-state index is -0.517. The third-order valence-electron chi connectivity index (χ3n) is 3.90. The van der Waals surface area contributed by atoms with E-state index in [9.17, 15) is 9.59 Å². The van der Waals surface area contributed by atoms with Gasteiger partial charge >= 0.3 is 6.03 Å². The Kier molecular flexibility index (Phi) is 6.37. The first-order valence-corrected chi connectivity index (χ1v) is 9.34. The van der Waals surface area contributed by atoms with E-state index in [2.05, 4.69) is 25.5 Å². The number of thioether (sulfide) groups is 1. The molecule has 1 saturated heterocycles. The highest BCUT2D eigenvalue weighted by atomic mass is 32.2. The average Bonchev–Trinajstić information content (AvgIpc) is 2.66. The fourth-order valence-corrected chi connectivity index (χ4v) is 3.43. The second-order valence-corrected chi connectivity index (χ2v) is 6.73. The largest absolute Gasteiger partial charge is 0.379 e. The van der Waals surface area contributed by atoms with Crippen molar-refractivity contribution in [2.24, 2.45) is 0 Å². The van der Waals surface area contributed by atoms with Crippen LogP contribution in [0.5, 0.6) is 0 Å². The van der Waals surface area contributed by atoms with Gasteiger partial charge in [0.05, 0.1) is 31.0 Å². The molecule has 2 aromatic rings. The highest BCUT2D eigenvalue weighted by Crippen LogP contribution is 2.25. The number of benzene rings is 1. The van der Waals surface area contributed by atoms with Gasteiger partial charge in [-0.25, -0.2) is 14.8 Å². The Morgan fingerprint density at radius 3 is 2.77 bits per heavy atom. The number of aromatic nitrogens is 2. The number of urea groups is 1. The van der Waals surface area contributed by atoms with Gasteiger partial charge in [0.2, 0.25) is 5.91 Å². The summed E-state index contributed by atoms with van der Waals surface area (Å²) >= 11 is 1.30. The fraction of sp³-hybridized carbons (Fsp3) is 0.412. The molecule has 2 N–H and O–H groups in total. The van der Waals surface area contributed by atoms with Crippen LogP contribution in [0.1, 0.15) is 5.82 Å². The molecular formula is C17H21N5O3S. The van der Waals surface area contributed by atoms with Gasteiger partial charge in [-0.3, -0.25) is 15.0 Å². The molecule has 3 amide bonds. The van der Waals surface area contributed by atoms with Crippen LogP contribution >= 0.6 is 11.8 Å². The molecule has 1 fully saturated rings. The smallest absolute Gasteiger partial charge is 0.321 e. The van der Waals surface area contributed by atoms with E-state index < -0.39 is 6.03 Å². The molecule has 0 spiro atoms. The minimum absolute atomic E-state index is 0.103.